The number of aromatic nitrogens is 3. The number of thiazole rings is 1. The number of H-pyrrole nitrogens is 1. The van der Waals surface area contributed by atoms with E-state index in [0.29, 0.717) is 5.82 Å². The van der Waals surface area contributed by atoms with E-state index in [1.165, 1.54) is 4.70 Å². The number of nitrogens with two attached hydrogens (primary N) is 1. The number of benzene rings is 1. The van der Waals surface area contributed by atoms with Crippen molar-refractivity contribution < 1.29 is 0 Å². The molecule has 98 valence electrons. The Hall–Kier alpha value is -1.53. The van der Waals surface area contributed by atoms with Crippen LogP contribution in [0.15, 0.2) is 24.3 Å². The number of para-hydroxylation sites is 1. The summed E-state index contributed by atoms with van der Waals surface area (Å²) in [6, 6.07) is 8.12. The number of nitrogens with zero attached hydrogens (tertiary/aromatic N) is 2. The summed E-state index contributed by atoms with van der Waals surface area (Å²) in [4.78, 5) is 4.65. The number of anilines is 1. The number of thioether (sulfide) groups is 1. The van der Waals surface area contributed by atoms with Crippen molar-refractivity contribution in [3.05, 3.63) is 30.0 Å². The second-order valence-corrected chi connectivity index (χ2v) is 6.39. The lowest BCUT2D eigenvalue weighted by molar-refractivity contribution is 1.04. The molecule has 0 spiro atoms. The molecule has 0 bridgehead atoms. The average Bonchev–Trinajstić information content (AvgIpc) is 2.99. The first-order valence-corrected chi connectivity index (χ1v) is 8.03. The van der Waals surface area contributed by atoms with Gasteiger partial charge in [0.25, 0.3) is 0 Å². The van der Waals surface area contributed by atoms with E-state index < -0.39 is 0 Å². The summed E-state index contributed by atoms with van der Waals surface area (Å²) in [6.07, 6.45) is 0. The first-order valence-electron chi connectivity index (χ1n) is 6.06. The molecule has 0 aliphatic rings. The van der Waals surface area contributed by atoms with Crippen molar-refractivity contribution >= 4 is 39.1 Å². The van der Waals surface area contributed by atoms with Crippen molar-refractivity contribution in [3.8, 4) is 10.6 Å². The molecule has 3 N–H and O–H groups in total. The molecule has 0 aliphatic heterocycles. The second kappa shape index (κ2) is 5.22. The summed E-state index contributed by atoms with van der Waals surface area (Å²) in [5, 5.41) is 8.09. The molecule has 0 aliphatic carbocycles. The van der Waals surface area contributed by atoms with Crippen molar-refractivity contribution in [1.82, 2.24) is 15.2 Å². The SMILES string of the molecule is CCSCc1[nH]nc(N)c1-c1nc2ccccc2s1. The van der Waals surface area contributed by atoms with Crippen molar-refractivity contribution in [3.63, 3.8) is 0 Å². The molecule has 0 amide bonds. The molecule has 19 heavy (non-hydrogen) atoms. The summed E-state index contributed by atoms with van der Waals surface area (Å²) < 4.78 is 1.17. The highest BCUT2D eigenvalue weighted by molar-refractivity contribution is 7.98. The molecule has 2 aromatic heterocycles. The number of hydrogen-bond acceptors (Lipinski definition) is 5. The lowest BCUT2D eigenvalue weighted by Crippen LogP contribution is -1.89. The topological polar surface area (TPSA) is 67.6 Å². The predicted octanol–water partition coefficient (Wildman–Crippen LogP) is 3.52. The third kappa shape index (κ3) is 2.33. The molecule has 0 unspecified atom stereocenters. The molecule has 0 saturated carbocycles. The van der Waals surface area contributed by atoms with Crippen LogP contribution >= 0.6 is 23.1 Å². The van der Waals surface area contributed by atoms with Gasteiger partial charge in [0.05, 0.1) is 21.5 Å². The minimum absolute atomic E-state index is 0.533. The largest absolute Gasteiger partial charge is 0.382 e. The Morgan fingerprint density at radius 1 is 1.37 bits per heavy atom. The number of fused-ring (bicyclic) bond motifs is 1. The van der Waals surface area contributed by atoms with Crippen LogP contribution in [-0.4, -0.2) is 20.9 Å². The van der Waals surface area contributed by atoms with Crippen molar-refractivity contribution in [2.75, 3.05) is 11.5 Å². The molecule has 2 heterocycles. The summed E-state index contributed by atoms with van der Waals surface area (Å²) in [5.41, 5.74) is 9.01. The van der Waals surface area contributed by atoms with Crippen LogP contribution in [0.3, 0.4) is 0 Å². The van der Waals surface area contributed by atoms with E-state index in [4.69, 9.17) is 5.73 Å². The van der Waals surface area contributed by atoms with Gasteiger partial charge in [-0.3, -0.25) is 5.10 Å². The first-order chi connectivity index (χ1) is 9.29. The van der Waals surface area contributed by atoms with Gasteiger partial charge in [-0.15, -0.1) is 11.3 Å². The molecule has 0 saturated heterocycles. The zero-order valence-corrected chi connectivity index (χ0v) is 12.1. The van der Waals surface area contributed by atoms with Crippen LogP contribution in [0.1, 0.15) is 12.6 Å². The minimum atomic E-state index is 0.533. The van der Waals surface area contributed by atoms with E-state index in [0.717, 1.165) is 33.3 Å². The van der Waals surface area contributed by atoms with Crippen molar-refractivity contribution in [2.45, 2.75) is 12.7 Å². The molecule has 3 aromatic rings. The first kappa shape index (κ1) is 12.5. The van der Waals surface area contributed by atoms with E-state index >= 15 is 0 Å². The fourth-order valence-corrected chi connectivity index (χ4v) is 3.58. The second-order valence-electron chi connectivity index (χ2n) is 4.09. The van der Waals surface area contributed by atoms with Gasteiger partial charge in [-0.25, -0.2) is 4.98 Å². The fraction of sp³-hybridized carbons (Fsp3) is 0.231. The Morgan fingerprint density at radius 3 is 3.00 bits per heavy atom. The Balaban J connectivity index is 2.07. The van der Waals surface area contributed by atoms with E-state index in [2.05, 4.69) is 28.2 Å². The fourth-order valence-electron chi connectivity index (χ4n) is 1.92. The molecule has 3 rings (SSSR count). The molecule has 0 radical (unpaired) electrons. The predicted molar refractivity (Wildman–Crippen MR) is 83.5 cm³/mol. The number of hydrogen-bond donors (Lipinski definition) is 2. The number of aromatic amines is 1. The number of nitrogens with one attached hydrogen (secondary N) is 1. The van der Waals surface area contributed by atoms with E-state index in [1.54, 1.807) is 11.3 Å². The van der Waals surface area contributed by atoms with Crippen LogP contribution in [0.2, 0.25) is 0 Å². The molecule has 6 heteroatoms. The van der Waals surface area contributed by atoms with Crippen LogP contribution in [0.5, 0.6) is 0 Å². The van der Waals surface area contributed by atoms with E-state index in [1.807, 2.05) is 30.0 Å². The summed E-state index contributed by atoms with van der Waals surface area (Å²) in [7, 11) is 0. The molecule has 0 atom stereocenters. The number of nitrogen functional groups attached to an aromatic ring is 1. The van der Waals surface area contributed by atoms with Gasteiger partial charge in [-0.2, -0.15) is 16.9 Å². The highest BCUT2D eigenvalue weighted by atomic mass is 32.2. The molecular weight excluding hydrogens is 276 g/mol. The van der Waals surface area contributed by atoms with Gasteiger partial charge in [-0.05, 0) is 17.9 Å². The van der Waals surface area contributed by atoms with Crippen LogP contribution in [0.4, 0.5) is 5.82 Å². The lowest BCUT2D eigenvalue weighted by Gasteiger charge is -1.99. The van der Waals surface area contributed by atoms with Gasteiger partial charge in [0, 0.05) is 5.75 Å². The van der Waals surface area contributed by atoms with Crippen LogP contribution in [0, 0.1) is 0 Å². The third-order valence-electron chi connectivity index (χ3n) is 2.83. The molecular formula is C13H14N4S2. The van der Waals surface area contributed by atoms with Gasteiger partial charge in [-0.1, -0.05) is 19.1 Å². The van der Waals surface area contributed by atoms with Gasteiger partial charge < -0.3 is 5.73 Å². The third-order valence-corrected chi connectivity index (χ3v) is 4.78. The van der Waals surface area contributed by atoms with E-state index in [9.17, 15) is 0 Å². The van der Waals surface area contributed by atoms with Gasteiger partial charge in [0.15, 0.2) is 5.82 Å². The Labute approximate surface area is 119 Å². The van der Waals surface area contributed by atoms with Crippen molar-refractivity contribution in [1.29, 1.82) is 0 Å². The van der Waals surface area contributed by atoms with E-state index in [-0.39, 0.29) is 0 Å². The molecule has 4 nitrogen and oxygen atoms in total. The maximum atomic E-state index is 5.98. The highest BCUT2D eigenvalue weighted by Crippen LogP contribution is 2.35. The van der Waals surface area contributed by atoms with Crippen LogP contribution in [0.25, 0.3) is 20.8 Å². The summed E-state index contributed by atoms with van der Waals surface area (Å²) >= 11 is 3.50. The summed E-state index contributed by atoms with van der Waals surface area (Å²) in [5.74, 6) is 2.48. The Kier molecular flexibility index (Phi) is 3.44. The Bertz CT molecular complexity index is 669. The normalized spacial score (nSPS) is 11.2. The van der Waals surface area contributed by atoms with Gasteiger partial charge >= 0.3 is 0 Å². The van der Waals surface area contributed by atoms with Crippen molar-refractivity contribution in [2.24, 2.45) is 0 Å². The summed E-state index contributed by atoms with van der Waals surface area (Å²) in [6.45, 7) is 2.14. The Morgan fingerprint density at radius 2 is 2.21 bits per heavy atom. The van der Waals surface area contributed by atoms with Gasteiger partial charge in [0.1, 0.15) is 5.01 Å². The van der Waals surface area contributed by atoms with Crippen LogP contribution in [-0.2, 0) is 5.75 Å². The average molecular weight is 290 g/mol. The smallest absolute Gasteiger partial charge is 0.155 e. The molecule has 0 fully saturated rings. The maximum Gasteiger partial charge on any atom is 0.155 e. The maximum absolute atomic E-state index is 5.98. The number of rotatable bonds is 4. The lowest BCUT2D eigenvalue weighted by atomic mass is 10.2. The quantitative estimate of drug-likeness (QED) is 0.771. The minimum Gasteiger partial charge on any atom is -0.382 e. The zero-order valence-electron chi connectivity index (χ0n) is 10.5. The highest BCUT2D eigenvalue weighted by Gasteiger charge is 2.16. The molecule has 1 aromatic carbocycles. The van der Waals surface area contributed by atoms with Crippen LogP contribution < -0.4 is 5.73 Å². The zero-order chi connectivity index (χ0) is 13.2. The van der Waals surface area contributed by atoms with Gasteiger partial charge in [0.2, 0.25) is 0 Å². The standard InChI is InChI=1S/C13H14N4S2/c1-2-18-7-9-11(12(14)17-16-9)13-15-8-5-3-4-6-10(8)19-13/h3-6H,2,7H2,1H3,(H3,14,16,17). The monoisotopic (exact) mass is 290 g/mol.